The number of nitro benzene ring substituents is 1. The van der Waals surface area contributed by atoms with Crippen LogP contribution in [0.15, 0.2) is 48.5 Å². The lowest BCUT2D eigenvalue weighted by Gasteiger charge is -2.05. The number of non-ortho nitro benzene ring substituents is 1. The van der Waals surface area contributed by atoms with E-state index in [0.29, 0.717) is 11.3 Å². The van der Waals surface area contributed by atoms with Crippen LogP contribution in [0, 0.1) is 17.0 Å². The molecule has 2 aromatic carbocycles. The second-order valence-electron chi connectivity index (χ2n) is 5.14. The van der Waals surface area contributed by atoms with Crippen molar-refractivity contribution in [3.63, 3.8) is 0 Å². The number of nitrogens with zero attached hydrogens (tertiary/aromatic N) is 1. The van der Waals surface area contributed by atoms with E-state index in [1.165, 1.54) is 24.3 Å². The lowest BCUT2D eigenvalue weighted by Crippen LogP contribution is -2.13. The van der Waals surface area contributed by atoms with Crippen LogP contribution < -0.4 is 5.32 Å². The molecule has 0 radical (unpaired) electrons. The van der Waals surface area contributed by atoms with E-state index in [1.807, 2.05) is 19.1 Å². The minimum Gasteiger partial charge on any atom is -0.326 e. The van der Waals surface area contributed by atoms with Crippen molar-refractivity contribution in [2.75, 3.05) is 5.32 Å². The van der Waals surface area contributed by atoms with E-state index in [4.69, 9.17) is 0 Å². The van der Waals surface area contributed by atoms with Gasteiger partial charge in [0.15, 0.2) is 5.78 Å². The van der Waals surface area contributed by atoms with Gasteiger partial charge >= 0.3 is 0 Å². The predicted octanol–water partition coefficient (Wildman–Crippen LogP) is 3.50. The fraction of sp³-hybridized carbons (Fsp3) is 0.176. The number of ketones is 1. The molecule has 0 aliphatic carbocycles. The predicted molar refractivity (Wildman–Crippen MR) is 86.5 cm³/mol. The Morgan fingerprint density at radius 1 is 1.00 bits per heavy atom. The second-order valence-corrected chi connectivity index (χ2v) is 5.14. The van der Waals surface area contributed by atoms with Gasteiger partial charge in [-0.2, -0.15) is 0 Å². The Kier molecular flexibility index (Phi) is 5.19. The van der Waals surface area contributed by atoms with Crippen LogP contribution in [0.4, 0.5) is 11.4 Å². The van der Waals surface area contributed by atoms with Crippen LogP contribution in [0.3, 0.4) is 0 Å². The summed E-state index contributed by atoms with van der Waals surface area (Å²) in [5.41, 5.74) is 2.07. The van der Waals surface area contributed by atoms with E-state index in [9.17, 15) is 19.7 Å². The van der Waals surface area contributed by atoms with Gasteiger partial charge in [0.25, 0.3) is 5.69 Å². The lowest BCUT2D eigenvalue weighted by atomic mass is 10.0. The number of aryl methyl sites for hydroxylation is 1. The molecule has 2 aromatic rings. The average Bonchev–Trinajstić information content (AvgIpc) is 2.54. The van der Waals surface area contributed by atoms with Gasteiger partial charge in [-0.1, -0.05) is 29.8 Å². The average molecular weight is 312 g/mol. The Balaban J connectivity index is 1.86. The number of amides is 1. The van der Waals surface area contributed by atoms with Gasteiger partial charge in [0, 0.05) is 36.2 Å². The Morgan fingerprint density at radius 3 is 2.17 bits per heavy atom. The summed E-state index contributed by atoms with van der Waals surface area (Å²) in [7, 11) is 0. The third-order valence-electron chi connectivity index (χ3n) is 3.31. The van der Waals surface area contributed by atoms with E-state index in [0.717, 1.165) is 5.56 Å². The zero-order valence-corrected chi connectivity index (χ0v) is 12.6. The summed E-state index contributed by atoms with van der Waals surface area (Å²) in [4.78, 5) is 33.8. The van der Waals surface area contributed by atoms with Crippen molar-refractivity contribution < 1.29 is 14.5 Å². The van der Waals surface area contributed by atoms with Gasteiger partial charge in [0.05, 0.1) is 4.92 Å². The molecule has 0 saturated heterocycles. The van der Waals surface area contributed by atoms with Gasteiger partial charge in [-0.15, -0.1) is 0 Å². The van der Waals surface area contributed by atoms with Crippen LogP contribution in [0.2, 0.25) is 0 Å². The molecule has 6 nitrogen and oxygen atoms in total. The molecule has 118 valence electrons. The molecule has 0 aromatic heterocycles. The molecule has 0 aliphatic rings. The molecule has 23 heavy (non-hydrogen) atoms. The van der Waals surface area contributed by atoms with Crippen molar-refractivity contribution >= 4 is 23.1 Å². The van der Waals surface area contributed by atoms with Gasteiger partial charge in [0.2, 0.25) is 5.91 Å². The van der Waals surface area contributed by atoms with Gasteiger partial charge in [-0.25, -0.2) is 0 Å². The minimum atomic E-state index is -0.508. The topological polar surface area (TPSA) is 89.3 Å². The van der Waals surface area contributed by atoms with Crippen molar-refractivity contribution in [2.24, 2.45) is 0 Å². The molecule has 0 unspecified atom stereocenters. The summed E-state index contributed by atoms with van der Waals surface area (Å²) in [5, 5.41) is 13.2. The summed E-state index contributed by atoms with van der Waals surface area (Å²) >= 11 is 0. The van der Waals surface area contributed by atoms with Crippen LogP contribution in [-0.4, -0.2) is 16.6 Å². The smallest absolute Gasteiger partial charge is 0.269 e. The summed E-state index contributed by atoms with van der Waals surface area (Å²) in [6.07, 6.45) is 0.172. The zero-order chi connectivity index (χ0) is 16.8. The van der Waals surface area contributed by atoms with Crippen LogP contribution in [0.25, 0.3) is 0 Å². The molecule has 1 amide bonds. The minimum absolute atomic E-state index is 0.0439. The highest BCUT2D eigenvalue weighted by molar-refractivity contribution is 6.00. The first-order valence-corrected chi connectivity index (χ1v) is 7.10. The highest BCUT2D eigenvalue weighted by atomic mass is 16.6. The largest absolute Gasteiger partial charge is 0.326 e. The number of benzene rings is 2. The Morgan fingerprint density at radius 2 is 1.61 bits per heavy atom. The summed E-state index contributed by atoms with van der Waals surface area (Å²) in [6, 6.07) is 12.7. The molecule has 0 aliphatic heterocycles. The zero-order valence-electron chi connectivity index (χ0n) is 12.6. The number of carbonyl (C=O) groups is 2. The molecule has 0 atom stereocenters. The maximum atomic E-state index is 12.0. The molecule has 0 bridgehead atoms. The summed E-state index contributed by atoms with van der Waals surface area (Å²) < 4.78 is 0. The van der Waals surface area contributed by atoms with Crippen molar-refractivity contribution in [1.82, 2.24) is 0 Å². The quantitative estimate of drug-likeness (QED) is 0.502. The van der Waals surface area contributed by atoms with Gasteiger partial charge in [-0.05, 0) is 19.1 Å². The lowest BCUT2D eigenvalue weighted by molar-refractivity contribution is -0.384. The number of hydrogen-bond acceptors (Lipinski definition) is 4. The number of Topliss-reactive ketones (excluding diaryl/α,β-unsaturated/α-hetero) is 1. The van der Waals surface area contributed by atoms with Crippen molar-refractivity contribution in [2.45, 2.75) is 19.8 Å². The number of anilines is 1. The van der Waals surface area contributed by atoms with Crippen LogP contribution >= 0.6 is 0 Å². The van der Waals surface area contributed by atoms with Crippen molar-refractivity contribution in [3.05, 3.63) is 69.8 Å². The van der Waals surface area contributed by atoms with E-state index >= 15 is 0 Å². The molecule has 0 heterocycles. The SMILES string of the molecule is Cc1ccc(C(=O)CCC(=O)Nc2ccc([N+](=O)[O-])cc2)cc1. The van der Waals surface area contributed by atoms with Crippen LogP contribution in [0.1, 0.15) is 28.8 Å². The van der Waals surface area contributed by atoms with Crippen LogP contribution in [0.5, 0.6) is 0 Å². The molecule has 6 heteroatoms. The van der Waals surface area contributed by atoms with E-state index in [2.05, 4.69) is 5.32 Å². The standard InChI is InChI=1S/C17H16N2O4/c1-12-2-4-13(5-3-12)16(20)10-11-17(21)18-14-6-8-15(9-7-14)19(22)23/h2-9H,10-11H2,1H3,(H,18,21). The second kappa shape index (κ2) is 7.31. The van der Waals surface area contributed by atoms with Gasteiger partial charge in [0.1, 0.15) is 0 Å². The Hall–Kier alpha value is -3.02. The maximum absolute atomic E-state index is 12.0. The first kappa shape index (κ1) is 16.4. The number of hydrogen-bond donors (Lipinski definition) is 1. The normalized spacial score (nSPS) is 10.1. The highest BCUT2D eigenvalue weighted by Gasteiger charge is 2.10. The fourth-order valence-electron chi connectivity index (χ4n) is 2.00. The molecule has 0 saturated carbocycles. The molecule has 1 N–H and O–H groups in total. The number of nitrogens with one attached hydrogen (secondary N) is 1. The van der Waals surface area contributed by atoms with Crippen LogP contribution in [-0.2, 0) is 4.79 Å². The summed E-state index contributed by atoms with van der Waals surface area (Å²) in [6.45, 7) is 1.94. The first-order chi connectivity index (χ1) is 11.0. The van der Waals surface area contributed by atoms with Gasteiger partial charge < -0.3 is 5.32 Å². The van der Waals surface area contributed by atoms with Crippen molar-refractivity contribution in [1.29, 1.82) is 0 Å². The first-order valence-electron chi connectivity index (χ1n) is 7.10. The fourth-order valence-corrected chi connectivity index (χ4v) is 2.00. The highest BCUT2D eigenvalue weighted by Crippen LogP contribution is 2.16. The Labute approximate surface area is 133 Å². The molecule has 0 spiro atoms. The van der Waals surface area contributed by atoms with E-state index < -0.39 is 4.92 Å². The molecule has 0 fully saturated rings. The molecular weight excluding hydrogens is 296 g/mol. The number of nitro groups is 1. The molecule has 2 rings (SSSR count). The van der Waals surface area contributed by atoms with E-state index in [-0.39, 0.29) is 30.2 Å². The third-order valence-corrected chi connectivity index (χ3v) is 3.31. The summed E-state index contributed by atoms with van der Waals surface area (Å²) in [5.74, 6) is -0.400. The number of rotatable bonds is 6. The third kappa shape index (κ3) is 4.74. The monoisotopic (exact) mass is 312 g/mol. The number of carbonyl (C=O) groups excluding carboxylic acids is 2. The van der Waals surface area contributed by atoms with Gasteiger partial charge in [-0.3, -0.25) is 19.7 Å². The Bertz CT molecular complexity index is 721. The maximum Gasteiger partial charge on any atom is 0.269 e. The van der Waals surface area contributed by atoms with Crippen molar-refractivity contribution in [3.8, 4) is 0 Å². The van der Waals surface area contributed by atoms with E-state index in [1.54, 1.807) is 12.1 Å². The molecular formula is C17H16N2O4.